The first-order valence-corrected chi connectivity index (χ1v) is 8.21. The van der Waals surface area contributed by atoms with Crippen LogP contribution in [-0.2, 0) is 11.2 Å². The van der Waals surface area contributed by atoms with E-state index < -0.39 is 0 Å². The molecule has 0 saturated carbocycles. The fourth-order valence-electron chi connectivity index (χ4n) is 2.21. The van der Waals surface area contributed by atoms with Gasteiger partial charge in [-0.25, -0.2) is 5.01 Å². The first-order chi connectivity index (χ1) is 10.5. The lowest BCUT2D eigenvalue weighted by Gasteiger charge is -2.11. The smallest absolute Gasteiger partial charge is 0.247 e. The lowest BCUT2D eigenvalue weighted by atomic mass is 10.1. The summed E-state index contributed by atoms with van der Waals surface area (Å²) < 4.78 is 0.709. The van der Waals surface area contributed by atoms with Crippen LogP contribution in [0.4, 0.5) is 0 Å². The average molecular weight is 355 g/mol. The van der Waals surface area contributed by atoms with E-state index in [4.69, 9.17) is 23.2 Å². The van der Waals surface area contributed by atoms with Gasteiger partial charge in [-0.1, -0.05) is 29.3 Å². The Morgan fingerprint density at radius 2 is 2.14 bits per heavy atom. The number of halogens is 2. The molecule has 114 valence electrons. The number of amides is 1. The van der Waals surface area contributed by atoms with Gasteiger partial charge in [0.25, 0.3) is 0 Å². The molecule has 1 aliphatic rings. The summed E-state index contributed by atoms with van der Waals surface area (Å²) in [4.78, 5) is 13.3. The predicted octanol–water partition coefficient (Wildman–Crippen LogP) is 3.94. The molecule has 0 spiro atoms. The Bertz CT molecular complexity index is 758. The SMILES string of the molecule is O=C(Cc1ccc(O)c(Cl)c1)N1CCC(c2ccc(Cl)s2)=N1. The van der Waals surface area contributed by atoms with Gasteiger partial charge in [0.2, 0.25) is 5.91 Å². The van der Waals surface area contributed by atoms with Gasteiger partial charge >= 0.3 is 0 Å². The molecule has 7 heteroatoms. The fraction of sp³-hybridized carbons (Fsp3) is 0.200. The van der Waals surface area contributed by atoms with Crippen LogP contribution in [0.15, 0.2) is 35.4 Å². The molecule has 22 heavy (non-hydrogen) atoms. The van der Waals surface area contributed by atoms with Crippen molar-refractivity contribution in [2.24, 2.45) is 5.10 Å². The molecule has 4 nitrogen and oxygen atoms in total. The van der Waals surface area contributed by atoms with Crippen molar-refractivity contribution in [1.82, 2.24) is 5.01 Å². The number of nitrogens with zero attached hydrogens (tertiary/aromatic N) is 2. The molecular formula is C15H12Cl2N2O2S. The third-order valence-electron chi connectivity index (χ3n) is 3.31. The third kappa shape index (κ3) is 3.27. The highest BCUT2D eigenvalue weighted by atomic mass is 35.5. The summed E-state index contributed by atoms with van der Waals surface area (Å²) in [6.45, 7) is 0.565. The lowest BCUT2D eigenvalue weighted by Crippen LogP contribution is -2.25. The van der Waals surface area contributed by atoms with Gasteiger partial charge in [-0.2, -0.15) is 5.10 Å². The summed E-state index contributed by atoms with van der Waals surface area (Å²) >= 11 is 13.2. The van der Waals surface area contributed by atoms with Crippen molar-refractivity contribution in [3.8, 4) is 5.75 Å². The molecule has 1 amide bonds. The maximum Gasteiger partial charge on any atom is 0.247 e. The molecule has 0 unspecified atom stereocenters. The molecule has 0 fully saturated rings. The number of aromatic hydroxyl groups is 1. The topological polar surface area (TPSA) is 52.9 Å². The number of carbonyl (C=O) groups is 1. The zero-order valence-electron chi connectivity index (χ0n) is 11.4. The van der Waals surface area contributed by atoms with Crippen LogP contribution >= 0.6 is 34.5 Å². The Labute approximate surface area is 141 Å². The number of hydrazone groups is 1. The number of rotatable bonds is 3. The Morgan fingerprint density at radius 1 is 1.32 bits per heavy atom. The van der Waals surface area contributed by atoms with Gasteiger partial charge in [0, 0.05) is 6.42 Å². The van der Waals surface area contributed by atoms with Gasteiger partial charge < -0.3 is 5.11 Å². The summed E-state index contributed by atoms with van der Waals surface area (Å²) in [5.41, 5.74) is 1.63. The van der Waals surface area contributed by atoms with Gasteiger partial charge in [0.1, 0.15) is 5.75 Å². The molecular weight excluding hydrogens is 343 g/mol. The Hall–Kier alpha value is -1.56. The number of phenols is 1. The van der Waals surface area contributed by atoms with Crippen molar-refractivity contribution in [2.45, 2.75) is 12.8 Å². The van der Waals surface area contributed by atoms with E-state index in [0.29, 0.717) is 10.9 Å². The minimum atomic E-state index is -0.0978. The van der Waals surface area contributed by atoms with Crippen molar-refractivity contribution in [3.63, 3.8) is 0 Å². The quantitative estimate of drug-likeness (QED) is 0.907. The largest absolute Gasteiger partial charge is 0.506 e. The molecule has 0 saturated heterocycles. The van der Waals surface area contributed by atoms with Crippen molar-refractivity contribution >= 4 is 46.2 Å². The highest BCUT2D eigenvalue weighted by Crippen LogP contribution is 2.26. The van der Waals surface area contributed by atoms with Crippen LogP contribution in [-0.4, -0.2) is 28.3 Å². The maximum atomic E-state index is 12.3. The minimum Gasteiger partial charge on any atom is -0.506 e. The van der Waals surface area contributed by atoms with Crippen LogP contribution < -0.4 is 0 Å². The molecule has 0 aliphatic carbocycles. The van der Waals surface area contributed by atoms with Crippen LogP contribution in [0.3, 0.4) is 0 Å². The number of benzene rings is 1. The summed E-state index contributed by atoms with van der Waals surface area (Å²) in [6.07, 6.45) is 0.918. The van der Waals surface area contributed by atoms with Crippen molar-refractivity contribution in [1.29, 1.82) is 0 Å². The minimum absolute atomic E-state index is 0.00826. The summed E-state index contributed by atoms with van der Waals surface area (Å²) in [7, 11) is 0. The number of hydrogen-bond acceptors (Lipinski definition) is 4. The second-order valence-electron chi connectivity index (χ2n) is 4.88. The van der Waals surface area contributed by atoms with E-state index in [1.807, 2.05) is 12.1 Å². The normalized spacial score (nSPS) is 14.3. The van der Waals surface area contributed by atoms with Crippen molar-refractivity contribution < 1.29 is 9.90 Å². The lowest BCUT2D eigenvalue weighted by molar-refractivity contribution is -0.130. The Morgan fingerprint density at radius 3 is 2.82 bits per heavy atom. The molecule has 0 atom stereocenters. The number of phenolic OH excluding ortho intramolecular Hbond substituents is 1. The fourth-order valence-corrected chi connectivity index (χ4v) is 3.46. The first-order valence-electron chi connectivity index (χ1n) is 6.64. The van der Waals surface area contributed by atoms with E-state index in [0.717, 1.165) is 22.6 Å². The molecule has 3 rings (SSSR count). The van der Waals surface area contributed by atoms with Crippen molar-refractivity contribution in [2.75, 3.05) is 6.54 Å². The Kier molecular flexibility index (Phi) is 4.38. The average Bonchev–Trinajstić information content (AvgIpc) is 3.11. The summed E-state index contributed by atoms with van der Waals surface area (Å²) in [6, 6.07) is 8.50. The molecule has 2 heterocycles. The van der Waals surface area contributed by atoms with E-state index in [1.54, 1.807) is 12.1 Å². The van der Waals surface area contributed by atoms with Gasteiger partial charge in [-0.15, -0.1) is 11.3 Å². The van der Waals surface area contributed by atoms with E-state index in [9.17, 15) is 9.90 Å². The molecule has 1 aliphatic heterocycles. The number of thiophene rings is 1. The van der Waals surface area contributed by atoms with E-state index in [2.05, 4.69) is 5.10 Å². The zero-order valence-corrected chi connectivity index (χ0v) is 13.8. The van der Waals surface area contributed by atoms with Crippen LogP contribution in [0.1, 0.15) is 16.9 Å². The number of carbonyl (C=O) groups excluding carboxylic acids is 1. The van der Waals surface area contributed by atoms with Crippen LogP contribution in [0.2, 0.25) is 9.36 Å². The molecule has 0 radical (unpaired) electrons. The zero-order chi connectivity index (χ0) is 15.7. The van der Waals surface area contributed by atoms with E-state index >= 15 is 0 Å². The van der Waals surface area contributed by atoms with Gasteiger partial charge in [0.15, 0.2) is 0 Å². The van der Waals surface area contributed by atoms with E-state index in [1.165, 1.54) is 22.4 Å². The van der Waals surface area contributed by atoms with Gasteiger partial charge in [-0.05, 0) is 29.8 Å². The molecule has 1 aromatic carbocycles. The van der Waals surface area contributed by atoms with Crippen LogP contribution in [0, 0.1) is 0 Å². The Balaban J connectivity index is 1.70. The first kappa shape index (κ1) is 15.3. The monoisotopic (exact) mass is 354 g/mol. The maximum absolute atomic E-state index is 12.3. The van der Waals surface area contributed by atoms with Crippen LogP contribution in [0.25, 0.3) is 0 Å². The predicted molar refractivity (Wildman–Crippen MR) is 89.0 cm³/mol. The highest BCUT2D eigenvalue weighted by Gasteiger charge is 2.22. The van der Waals surface area contributed by atoms with E-state index in [-0.39, 0.29) is 23.1 Å². The second-order valence-corrected chi connectivity index (χ2v) is 7.00. The molecule has 2 aromatic rings. The third-order valence-corrected chi connectivity index (χ3v) is 4.90. The molecule has 0 bridgehead atoms. The standard InChI is InChI=1S/C15H12Cl2N2O2S/c16-10-7-9(1-2-12(10)20)8-15(21)19-6-5-11(18-19)13-3-4-14(17)22-13/h1-4,7,20H,5-6,8H2. The number of hydrogen-bond donors (Lipinski definition) is 1. The molecule has 1 aromatic heterocycles. The van der Waals surface area contributed by atoms with Gasteiger partial charge in [-0.3, -0.25) is 4.79 Å². The van der Waals surface area contributed by atoms with Gasteiger partial charge in [0.05, 0.1) is 32.9 Å². The summed E-state index contributed by atoms with van der Waals surface area (Å²) in [5, 5.41) is 15.5. The highest BCUT2D eigenvalue weighted by molar-refractivity contribution is 7.18. The van der Waals surface area contributed by atoms with Crippen molar-refractivity contribution in [3.05, 3.63) is 50.1 Å². The van der Waals surface area contributed by atoms with Crippen LogP contribution in [0.5, 0.6) is 5.75 Å². The molecule has 1 N–H and O–H groups in total. The second kappa shape index (κ2) is 6.28. The summed E-state index contributed by atoms with van der Waals surface area (Å²) in [5.74, 6) is -0.0895.